The smallest absolute Gasteiger partial charge is 0.191 e. The maximum atomic E-state index is 10.5. The Hall–Kier alpha value is -2.61. The van der Waals surface area contributed by atoms with Crippen molar-refractivity contribution in [3.05, 3.63) is 41.5 Å². The van der Waals surface area contributed by atoms with E-state index in [4.69, 9.17) is 4.74 Å². The van der Waals surface area contributed by atoms with Gasteiger partial charge in [-0.1, -0.05) is 18.6 Å². The molecule has 0 fully saturated rings. The van der Waals surface area contributed by atoms with Gasteiger partial charge in [-0.05, 0) is 51.3 Å². The van der Waals surface area contributed by atoms with Gasteiger partial charge in [-0.15, -0.1) is 10.2 Å². The number of aryl methyl sites for hydroxylation is 1. The summed E-state index contributed by atoms with van der Waals surface area (Å²) in [7, 11) is 0. The van der Waals surface area contributed by atoms with Gasteiger partial charge >= 0.3 is 0 Å². The first kappa shape index (κ1) is 22.1. The van der Waals surface area contributed by atoms with Crippen LogP contribution in [0.25, 0.3) is 0 Å². The number of rotatable bonds is 8. The fraction of sp³-hybridized carbons (Fsp3) is 0.591. The third-order valence-corrected chi connectivity index (χ3v) is 5.01. The van der Waals surface area contributed by atoms with Crippen LogP contribution in [-0.4, -0.2) is 45.0 Å². The van der Waals surface area contributed by atoms with Crippen molar-refractivity contribution in [2.45, 2.75) is 71.8 Å². The van der Waals surface area contributed by atoms with Gasteiger partial charge in [-0.2, -0.15) is 0 Å². The number of nitrogens with zero attached hydrogens (tertiary/aromatic N) is 4. The molecule has 1 unspecified atom stereocenters. The Labute approximate surface area is 178 Å². The molecule has 1 aromatic carbocycles. The lowest BCUT2D eigenvalue weighted by molar-refractivity contribution is 0.180. The second-order valence-electron chi connectivity index (χ2n) is 7.82. The van der Waals surface area contributed by atoms with Gasteiger partial charge in [0.05, 0.1) is 12.2 Å². The summed E-state index contributed by atoms with van der Waals surface area (Å²) in [6.07, 6.45) is 4.04. The zero-order chi connectivity index (χ0) is 21.3. The standard InChI is InChI=1S/C22H34N6O2/c1-4-23-22(25-15-21-27-26-20-8-6-5-7-13-28(20)21)24-14-19(29)17-9-11-18(12-10-17)30-16(2)3/h9-12,16,19,29H,4-8,13-15H2,1-3H3,(H2,23,24,25). The number of aromatic nitrogens is 3. The fourth-order valence-electron chi connectivity index (χ4n) is 3.51. The monoisotopic (exact) mass is 414 g/mol. The number of guanidine groups is 1. The van der Waals surface area contributed by atoms with Crippen LogP contribution in [-0.2, 0) is 19.5 Å². The van der Waals surface area contributed by atoms with E-state index in [2.05, 4.69) is 30.4 Å². The summed E-state index contributed by atoms with van der Waals surface area (Å²) in [6.45, 7) is 8.52. The van der Waals surface area contributed by atoms with E-state index in [-0.39, 0.29) is 6.10 Å². The lowest BCUT2D eigenvalue weighted by Gasteiger charge is -2.16. The molecule has 1 aliphatic heterocycles. The summed E-state index contributed by atoms with van der Waals surface area (Å²) in [5.41, 5.74) is 0.831. The molecule has 8 nitrogen and oxygen atoms in total. The molecule has 0 saturated heterocycles. The van der Waals surface area contributed by atoms with Crippen LogP contribution < -0.4 is 15.4 Å². The molecule has 30 heavy (non-hydrogen) atoms. The average Bonchev–Trinajstić information content (AvgIpc) is 2.96. The molecule has 0 spiro atoms. The van der Waals surface area contributed by atoms with Gasteiger partial charge in [0.15, 0.2) is 11.8 Å². The minimum absolute atomic E-state index is 0.126. The van der Waals surface area contributed by atoms with Gasteiger partial charge in [-0.3, -0.25) is 0 Å². The molecule has 0 radical (unpaired) electrons. The lowest BCUT2D eigenvalue weighted by Crippen LogP contribution is -2.39. The van der Waals surface area contributed by atoms with Crippen LogP contribution in [0.1, 0.15) is 63.3 Å². The minimum Gasteiger partial charge on any atom is -0.491 e. The highest BCUT2D eigenvalue weighted by atomic mass is 16.5. The number of ether oxygens (including phenoxy) is 1. The van der Waals surface area contributed by atoms with E-state index in [1.807, 2.05) is 45.0 Å². The number of aliphatic imine (C=N–C) groups is 1. The van der Waals surface area contributed by atoms with Gasteiger partial charge in [0.2, 0.25) is 0 Å². The van der Waals surface area contributed by atoms with Crippen molar-refractivity contribution in [1.82, 2.24) is 25.4 Å². The summed E-state index contributed by atoms with van der Waals surface area (Å²) in [5.74, 6) is 3.42. The van der Waals surface area contributed by atoms with E-state index < -0.39 is 6.10 Å². The first-order chi connectivity index (χ1) is 14.6. The van der Waals surface area contributed by atoms with E-state index >= 15 is 0 Å². The Morgan fingerprint density at radius 2 is 1.97 bits per heavy atom. The molecule has 0 aliphatic carbocycles. The first-order valence-electron chi connectivity index (χ1n) is 10.9. The number of fused-ring (bicyclic) bond motifs is 1. The second-order valence-corrected chi connectivity index (χ2v) is 7.82. The highest BCUT2D eigenvalue weighted by Gasteiger charge is 2.15. The molecular formula is C22H34N6O2. The van der Waals surface area contributed by atoms with Crippen molar-refractivity contribution in [3.63, 3.8) is 0 Å². The maximum Gasteiger partial charge on any atom is 0.191 e. The van der Waals surface area contributed by atoms with Crippen molar-refractivity contribution in [3.8, 4) is 5.75 Å². The molecule has 3 N–H and O–H groups in total. The normalized spacial score (nSPS) is 15.4. The van der Waals surface area contributed by atoms with E-state index in [0.717, 1.165) is 48.9 Å². The van der Waals surface area contributed by atoms with Crippen molar-refractivity contribution >= 4 is 5.96 Å². The van der Waals surface area contributed by atoms with Crippen molar-refractivity contribution in [2.75, 3.05) is 13.1 Å². The van der Waals surface area contributed by atoms with Gasteiger partial charge < -0.3 is 25.0 Å². The van der Waals surface area contributed by atoms with E-state index in [0.29, 0.717) is 19.0 Å². The molecule has 2 heterocycles. The highest BCUT2D eigenvalue weighted by molar-refractivity contribution is 5.79. The Balaban J connectivity index is 1.58. The summed E-state index contributed by atoms with van der Waals surface area (Å²) in [5, 5.41) is 25.6. The third kappa shape index (κ3) is 6.19. The molecule has 2 aromatic rings. The molecule has 1 atom stereocenters. The fourth-order valence-corrected chi connectivity index (χ4v) is 3.51. The average molecular weight is 415 g/mol. The molecule has 8 heteroatoms. The predicted octanol–water partition coefficient (Wildman–Crippen LogP) is 2.58. The van der Waals surface area contributed by atoms with Crippen LogP contribution in [0.4, 0.5) is 0 Å². The molecule has 164 valence electrons. The minimum atomic E-state index is -0.647. The van der Waals surface area contributed by atoms with Crippen LogP contribution in [0.5, 0.6) is 5.75 Å². The number of hydrogen-bond acceptors (Lipinski definition) is 5. The van der Waals surface area contributed by atoms with E-state index in [9.17, 15) is 5.11 Å². The molecular weight excluding hydrogens is 380 g/mol. The van der Waals surface area contributed by atoms with Crippen molar-refractivity contribution in [2.24, 2.45) is 4.99 Å². The van der Waals surface area contributed by atoms with Crippen LogP contribution in [0.3, 0.4) is 0 Å². The Morgan fingerprint density at radius 3 is 2.70 bits per heavy atom. The third-order valence-electron chi connectivity index (χ3n) is 5.01. The SMILES string of the molecule is CCNC(=NCc1nnc2n1CCCCC2)NCC(O)c1ccc(OC(C)C)cc1. The second kappa shape index (κ2) is 11.0. The van der Waals surface area contributed by atoms with Crippen molar-refractivity contribution < 1.29 is 9.84 Å². The Kier molecular flexibility index (Phi) is 8.07. The molecule has 0 bridgehead atoms. The summed E-state index contributed by atoms with van der Waals surface area (Å²) >= 11 is 0. The summed E-state index contributed by atoms with van der Waals surface area (Å²) in [6, 6.07) is 7.54. The molecule has 0 amide bonds. The van der Waals surface area contributed by atoms with Gasteiger partial charge in [0.1, 0.15) is 18.1 Å². The largest absolute Gasteiger partial charge is 0.491 e. The number of benzene rings is 1. The number of aliphatic hydroxyl groups excluding tert-OH is 1. The number of aliphatic hydroxyl groups is 1. The van der Waals surface area contributed by atoms with Crippen LogP contribution in [0.15, 0.2) is 29.3 Å². The lowest BCUT2D eigenvalue weighted by atomic mass is 10.1. The van der Waals surface area contributed by atoms with Crippen molar-refractivity contribution in [1.29, 1.82) is 0 Å². The Morgan fingerprint density at radius 1 is 1.17 bits per heavy atom. The van der Waals surface area contributed by atoms with Gasteiger partial charge in [0.25, 0.3) is 0 Å². The van der Waals surface area contributed by atoms with Crippen LogP contribution in [0, 0.1) is 0 Å². The quantitative estimate of drug-likeness (QED) is 0.454. The zero-order valence-electron chi connectivity index (χ0n) is 18.3. The van der Waals surface area contributed by atoms with Crippen LogP contribution >= 0.6 is 0 Å². The summed E-state index contributed by atoms with van der Waals surface area (Å²) < 4.78 is 7.86. The molecule has 0 saturated carbocycles. The van der Waals surface area contributed by atoms with Crippen LogP contribution in [0.2, 0.25) is 0 Å². The molecule has 1 aromatic heterocycles. The summed E-state index contributed by atoms with van der Waals surface area (Å²) in [4.78, 5) is 4.65. The van der Waals surface area contributed by atoms with Gasteiger partial charge in [-0.25, -0.2) is 4.99 Å². The topological polar surface area (TPSA) is 96.6 Å². The highest BCUT2D eigenvalue weighted by Crippen LogP contribution is 2.18. The zero-order valence-corrected chi connectivity index (χ0v) is 18.3. The predicted molar refractivity (Wildman–Crippen MR) is 118 cm³/mol. The molecule has 1 aliphatic rings. The Bertz CT molecular complexity index is 816. The van der Waals surface area contributed by atoms with E-state index in [1.165, 1.54) is 12.8 Å². The number of nitrogens with one attached hydrogen (secondary N) is 2. The number of hydrogen-bond donors (Lipinski definition) is 3. The van der Waals surface area contributed by atoms with E-state index in [1.54, 1.807) is 0 Å². The first-order valence-corrected chi connectivity index (χ1v) is 10.9. The van der Waals surface area contributed by atoms with Gasteiger partial charge in [0, 0.05) is 26.1 Å². The maximum absolute atomic E-state index is 10.5. The molecule has 3 rings (SSSR count).